The zero-order valence-electron chi connectivity index (χ0n) is 12.2. The van der Waals surface area contributed by atoms with Crippen LogP contribution in [0.2, 0.25) is 0 Å². The lowest BCUT2D eigenvalue weighted by Crippen LogP contribution is -2.65. The highest BCUT2D eigenvalue weighted by Gasteiger charge is 2.43. The van der Waals surface area contributed by atoms with E-state index in [1.165, 1.54) is 6.07 Å². The highest BCUT2D eigenvalue weighted by atomic mass is 19.1. The Morgan fingerprint density at radius 3 is 2.29 bits per heavy atom. The van der Waals surface area contributed by atoms with Crippen LogP contribution in [0.15, 0.2) is 18.2 Å². The molecule has 1 aliphatic rings. The van der Waals surface area contributed by atoms with Crippen molar-refractivity contribution in [2.75, 3.05) is 4.90 Å². The molecule has 2 amide bonds. The largest absolute Gasteiger partial charge is 0.342 e. The standard InChI is InChI=1S/C15H18F2N2O2/c1-4-11-14(20)18-12(8(2)3)15(21)19(11)13-9(16)6-5-7-10(13)17/h5-8,11-12H,4H2,1-3H3,(H,18,20). The molecule has 0 radical (unpaired) electrons. The fourth-order valence-electron chi connectivity index (χ4n) is 2.54. The fraction of sp³-hybridized carbons (Fsp3) is 0.467. The molecule has 0 bridgehead atoms. The molecule has 6 heteroatoms. The number of nitrogens with one attached hydrogen (secondary N) is 1. The smallest absolute Gasteiger partial charge is 0.250 e. The molecule has 1 aromatic carbocycles. The lowest BCUT2D eigenvalue weighted by molar-refractivity contribution is -0.135. The van der Waals surface area contributed by atoms with Gasteiger partial charge in [0, 0.05) is 0 Å². The van der Waals surface area contributed by atoms with Crippen molar-refractivity contribution in [1.29, 1.82) is 0 Å². The van der Waals surface area contributed by atoms with Crippen LogP contribution in [0.5, 0.6) is 0 Å². The minimum atomic E-state index is -0.904. The summed E-state index contributed by atoms with van der Waals surface area (Å²) in [4.78, 5) is 25.7. The van der Waals surface area contributed by atoms with Crippen LogP contribution in [0.4, 0.5) is 14.5 Å². The Hall–Kier alpha value is -1.98. The van der Waals surface area contributed by atoms with E-state index >= 15 is 0 Å². The number of carbonyl (C=O) groups is 2. The number of para-hydroxylation sites is 1. The number of piperazine rings is 1. The molecule has 1 aliphatic heterocycles. The van der Waals surface area contributed by atoms with Gasteiger partial charge in [0.05, 0.1) is 0 Å². The first-order chi connectivity index (χ1) is 9.88. The summed E-state index contributed by atoms with van der Waals surface area (Å²) in [6, 6.07) is 1.70. The van der Waals surface area contributed by atoms with Gasteiger partial charge in [0.1, 0.15) is 29.4 Å². The molecule has 0 aromatic heterocycles. The summed E-state index contributed by atoms with van der Waals surface area (Å²) in [6.45, 7) is 5.23. The number of benzene rings is 1. The average Bonchev–Trinajstić information content (AvgIpc) is 2.41. The topological polar surface area (TPSA) is 49.4 Å². The van der Waals surface area contributed by atoms with Gasteiger partial charge in [-0.2, -0.15) is 0 Å². The number of rotatable bonds is 3. The van der Waals surface area contributed by atoms with E-state index in [-0.39, 0.29) is 12.3 Å². The maximum Gasteiger partial charge on any atom is 0.250 e. The molecule has 1 heterocycles. The van der Waals surface area contributed by atoms with E-state index in [1.807, 2.05) is 0 Å². The lowest BCUT2D eigenvalue weighted by atomic mass is 9.96. The molecule has 1 aromatic rings. The first kappa shape index (κ1) is 15.4. The van der Waals surface area contributed by atoms with Crippen LogP contribution in [0.1, 0.15) is 27.2 Å². The number of hydrogen-bond acceptors (Lipinski definition) is 2. The molecule has 1 fully saturated rings. The summed E-state index contributed by atoms with van der Waals surface area (Å²) in [6.07, 6.45) is 0.274. The molecule has 0 aliphatic carbocycles. The zero-order chi connectivity index (χ0) is 15.7. The van der Waals surface area contributed by atoms with Gasteiger partial charge in [-0.05, 0) is 24.5 Å². The quantitative estimate of drug-likeness (QED) is 0.930. The van der Waals surface area contributed by atoms with Gasteiger partial charge < -0.3 is 5.32 Å². The SMILES string of the molecule is CCC1C(=O)NC(C(C)C)C(=O)N1c1c(F)cccc1F. The van der Waals surface area contributed by atoms with Crippen molar-refractivity contribution in [3.05, 3.63) is 29.8 Å². The summed E-state index contributed by atoms with van der Waals surface area (Å²) >= 11 is 0. The Kier molecular flexibility index (Phi) is 4.25. The molecule has 1 N–H and O–H groups in total. The fourth-order valence-corrected chi connectivity index (χ4v) is 2.54. The summed E-state index contributed by atoms with van der Waals surface area (Å²) in [5.41, 5.74) is -0.449. The summed E-state index contributed by atoms with van der Waals surface area (Å²) < 4.78 is 28.0. The van der Waals surface area contributed by atoms with E-state index in [0.717, 1.165) is 17.0 Å². The van der Waals surface area contributed by atoms with E-state index in [2.05, 4.69) is 5.32 Å². The molecule has 21 heavy (non-hydrogen) atoms. The number of anilines is 1. The van der Waals surface area contributed by atoms with Crippen molar-refractivity contribution < 1.29 is 18.4 Å². The minimum absolute atomic E-state index is 0.170. The maximum atomic E-state index is 14.0. The molecular weight excluding hydrogens is 278 g/mol. The third-order valence-electron chi connectivity index (χ3n) is 3.65. The van der Waals surface area contributed by atoms with E-state index in [4.69, 9.17) is 0 Å². The van der Waals surface area contributed by atoms with Crippen molar-refractivity contribution in [1.82, 2.24) is 5.32 Å². The highest BCUT2D eigenvalue weighted by Crippen LogP contribution is 2.29. The number of nitrogens with zero attached hydrogens (tertiary/aromatic N) is 1. The molecule has 2 rings (SSSR count). The lowest BCUT2D eigenvalue weighted by Gasteiger charge is -2.40. The predicted octanol–water partition coefficient (Wildman–Crippen LogP) is 2.23. The van der Waals surface area contributed by atoms with Gasteiger partial charge in [-0.1, -0.05) is 26.8 Å². The monoisotopic (exact) mass is 296 g/mol. The first-order valence-corrected chi connectivity index (χ1v) is 6.96. The van der Waals surface area contributed by atoms with Crippen LogP contribution in [-0.2, 0) is 9.59 Å². The van der Waals surface area contributed by atoms with Gasteiger partial charge in [-0.15, -0.1) is 0 Å². The van der Waals surface area contributed by atoms with Crippen LogP contribution < -0.4 is 10.2 Å². The summed E-state index contributed by atoms with van der Waals surface area (Å²) in [5.74, 6) is -2.74. The molecular formula is C15H18F2N2O2. The average molecular weight is 296 g/mol. The predicted molar refractivity (Wildman–Crippen MR) is 74.7 cm³/mol. The summed E-state index contributed by atoms with van der Waals surface area (Å²) in [7, 11) is 0. The van der Waals surface area contributed by atoms with E-state index in [9.17, 15) is 18.4 Å². The van der Waals surface area contributed by atoms with Gasteiger partial charge in [-0.25, -0.2) is 8.78 Å². The number of carbonyl (C=O) groups excluding carboxylic acids is 2. The van der Waals surface area contributed by atoms with Crippen molar-refractivity contribution in [3.63, 3.8) is 0 Å². The second-order valence-corrected chi connectivity index (χ2v) is 5.43. The Bertz CT molecular complexity index is 555. The van der Waals surface area contributed by atoms with Crippen molar-refractivity contribution in [2.45, 2.75) is 39.3 Å². The van der Waals surface area contributed by atoms with E-state index in [0.29, 0.717) is 0 Å². The van der Waals surface area contributed by atoms with E-state index in [1.54, 1.807) is 20.8 Å². The van der Waals surface area contributed by atoms with Crippen molar-refractivity contribution in [3.8, 4) is 0 Å². The summed E-state index contributed by atoms with van der Waals surface area (Å²) in [5, 5.41) is 2.63. The molecule has 1 saturated heterocycles. The van der Waals surface area contributed by atoms with Crippen LogP contribution in [-0.4, -0.2) is 23.9 Å². The Morgan fingerprint density at radius 1 is 1.24 bits per heavy atom. The normalized spacial score (nSPS) is 22.7. The van der Waals surface area contributed by atoms with Crippen LogP contribution in [0.25, 0.3) is 0 Å². The van der Waals surface area contributed by atoms with E-state index < -0.39 is 41.2 Å². The molecule has 114 valence electrons. The van der Waals surface area contributed by atoms with Crippen molar-refractivity contribution >= 4 is 17.5 Å². The number of hydrogen-bond donors (Lipinski definition) is 1. The van der Waals surface area contributed by atoms with Gasteiger partial charge in [0.25, 0.3) is 5.91 Å². The molecule has 2 atom stereocenters. The third kappa shape index (κ3) is 2.62. The van der Waals surface area contributed by atoms with Crippen molar-refractivity contribution in [2.24, 2.45) is 5.92 Å². The van der Waals surface area contributed by atoms with Crippen LogP contribution in [0.3, 0.4) is 0 Å². The minimum Gasteiger partial charge on any atom is -0.342 e. The highest BCUT2D eigenvalue weighted by molar-refractivity contribution is 6.08. The van der Waals surface area contributed by atoms with Crippen LogP contribution in [0, 0.1) is 17.6 Å². The van der Waals surface area contributed by atoms with Gasteiger partial charge >= 0.3 is 0 Å². The second-order valence-electron chi connectivity index (χ2n) is 5.43. The third-order valence-corrected chi connectivity index (χ3v) is 3.65. The maximum absolute atomic E-state index is 14.0. The molecule has 0 spiro atoms. The van der Waals surface area contributed by atoms with Gasteiger partial charge in [-0.3, -0.25) is 14.5 Å². The first-order valence-electron chi connectivity index (χ1n) is 6.96. The molecule has 2 unspecified atom stereocenters. The molecule has 0 saturated carbocycles. The Morgan fingerprint density at radius 2 is 1.81 bits per heavy atom. The number of halogens is 2. The Balaban J connectivity index is 2.55. The van der Waals surface area contributed by atoms with Gasteiger partial charge in [0.15, 0.2) is 0 Å². The Labute approximate surface area is 122 Å². The molecule has 4 nitrogen and oxygen atoms in total. The van der Waals surface area contributed by atoms with Crippen LogP contribution >= 0.6 is 0 Å². The van der Waals surface area contributed by atoms with Gasteiger partial charge in [0.2, 0.25) is 5.91 Å². The second kappa shape index (κ2) is 5.79. The zero-order valence-corrected chi connectivity index (χ0v) is 12.2. The number of amides is 2.